The van der Waals surface area contributed by atoms with E-state index in [4.69, 9.17) is 4.74 Å². The number of thiazole rings is 1. The number of aromatic nitrogens is 1. The van der Waals surface area contributed by atoms with Gasteiger partial charge in [0.05, 0.1) is 6.61 Å². The molecule has 1 N–H and O–H groups in total. The second kappa shape index (κ2) is 6.85. The average molecular weight is 296 g/mol. The Bertz CT molecular complexity index is 392. The second-order valence-corrected chi connectivity index (χ2v) is 6.49. The summed E-state index contributed by atoms with van der Waals surface area (Å²) in [6, 6.07) is 0.612. The number of rotatable bonds is 4. The van der Waals surface area contributed by atoms with Crippen molar-refractivity contribution >= 4 is 16.5 Å². The SMILES string of the molecule is CNC1CCOCC1CN1CCN(c2nccs2)CC1. The van der Waals surface area contributed by atoms with Crippen LogP contribution in [0.15, 0.2) is 11.6 Å². The van der Waals surface area contributed by atoms with E-state index >= 15 is 0 Å². The maximum atomic E-state index is 5.65. The molecule has 1 aromatic heterocycles. The zero-order chi connectivity index (χ0) is 13.8. The molecule has 2 atom stereocenters. The van der Waals surface area contributed by atoms with Crippen LogP contribution in [0.3, 0.4) is 0 Å². The molecule has 0 amide bonds. The molecule has 0 spiro atoms. The van der Waals surface area contributed by atoms with Crippen LogP contribution in [0.1, 0.15) is 6.42 Å². The quantitative estimate of drug-likeness (QED) is 0.893. The van der Waals surface area contributed by atoms with Gasteiger partial charge in [-0.3, -0.25) is 4.90 Å². The summed E-state index contributed by atoms with van der Waals surface area (Å²) in [5.41, 5.74) is 0. The van der Waals surface area contributed by atoms with Crippen molar-refractivity contribution in [3.05, 3.63) is 11.6 Å². The molecule has 2 fully saturated rings. The van der Waals surface area contributed by atoms with Gasteiger partial charge in [0, 0.05) is 62.9 Å². The van der Waals surface area contributed by atoms with Gasteiger partial charge in [-0.25, -0.2) is 4.98 Å². The number of piperazine rings is 1. The monoisotopic (exact) mass is 296 g/mol. The molecule has 5 nitrogen and oxygen atoms in total. The molecule has 0 aliphatic carbocycles. The minimum Gasteiger partial charge on any atom is -0.381 e. The Kier molecular flexibility index (Phi) is 4.88. The van der Waals surface area contributed by atoms with Crippen molar-refractivity contribution in [3.8, 4) is 0 Å². The summed E-state index contributed by atoms with van der Waals surface area (Å²) >= 11 is 1.74. The zero-order valence-corrected chi connectivity index (χ0v) is 12.9. The van der Waals surface area contributed by atoms with Crippen LogP contribution in [0.2, 0.25) is 0 Å². The lowest BCUT2D eigenvalue weighted by molar-refractivity contribution is 0.0177. The van der Waals surface area contributed by atoms with E-state index in [1.165, 1.54) is 5.13 Å². The normalized spacial score (nSPS) is 28.8. The van der Waals surface area contributed by atoms with Crippen LogP contribution >= 0.6 is 11.3 Å². The van der Waals surface area contributed by atoms with E-state index in [1.54, 1.807) is 11.3 Å². The highest BCUT2D eigenvalue weighted by atomic mass is 32.1. The number of nitrogens with one attached hydrogen (secondary N) is 1. The summed E-state index contributed by atoms with van der Waals surface area (Å²) in [5.74, 6) is 0.625. The van der Waals surface area contributed by atoms with Crippen LogP contribution in [0.25, 0.3) is 0 Å². The van der Waals surface area contributed by atoms with Crippen LogP contribution in [0.4, 0.5) is 5.13 Å². The summed E-state index contributed by atoms with van der Waals surface area (Å²) < 4.78 is 5.65. The molecule has 2 unspecified atom stereocenters. The predicted octanol–water partition coefficient (Wildman–Crippen LogP) is 0.890. The first kappa shape index (κ1) is 14.3. The minimum atomic E-state index is 0.612. The van der Waals surface area contributed by atoms with Gasteiger partial charge in [-0.05, 0) is 13.5 Å². The Balaban J connectivity index is 1.48. The summed E-state index contributed by atoms with van der Waals surface area (Å²) in [4.78, 5) is 9.38. The Morgan fingerprint density at radius 2 is 2.25 bits per heavy atom. The molecule has 3 rings (SSSR count). The second-order valence-electron chi connectivity index (χ2n) is 5.62. The molecule has 3 heterocycles. The van der Waals surface area contributed by atoms with Crippen LogP contribution in [0.5, 0.6) is 0 Å². The average Bonchev–Trinajstić information content (AvgIpc) is 3.03. The van der Waals surface area contributed by atoms with Gasteiger partial charge in [0.2, 0.25) is 0 Å². The molecule has 0 saturated carbocycles. The third-order valence-electron chi connectivity index (χ3n) is 4.40. The summed E-state index contributed by atoms with van der Waals surface area (Å²) in [5, 5.41) is 6.67. The van der Waals surface area contributed by atoms with Crippen molar-refractivity contribution in [2.24, 2.45) is 5.92 Å². The van der Waals surface area contributed by atoms with Gasteiger partial charge in [0.1, 0.15) is 0 Å². The lowest BCUT2D eigenvalue weighted by atomic mass is 9.95. The first-order valence-corrected chi connectivity index (χ1v) is 8.36. The molecule has 20 heavy (non-hydrogen) atoms. The van der Waals surface area contributed by atoms with Crippen LogP contribution in [0, 0.1) is 5.92 Å². The number of ether oxygens (including phenoxy) is 1. The molecule has 112 valence electrons. The fourth-order valence-electron chi connectivity index (χ4n) is 3.18. The van der Waals surface area contributed by atoms with E-state index in [1.807, 2.05) is 6.20 Å². The van der Waals surface area contributed by atoms with Crippen molar-refractivity contribution < 1.29 is 4.74 Å². The molecule has 2 aliphatic heterocycles. The largest absolute Gasteiger partial charge is 0.381 e. The summed E-state index contributed by atoms with van der Waals surface area (Å²) in [7, 11) is 2.07. The molecule has 2 aliphatic rings. The van der Waals surface area contributed by atoms with Gasteiger partial charge < -0.3 is 15.0 Å². The van der Waals surface area contributed by atoms with E-state index in [0.717, 1.165) is 52.4 Å². The predicted molar refractivity (Wildman–Crippen MR) is 82.5 cm³/mol. The summed E-state index contributed by atoms with van der Waals surface area (Å²) in [6.07, 6.45) is 3.03. The third-order valence-corrected chi connectivity index (χ3v) is 5.23. The molecule has 1 aromatic rings. The lowest BCUT2D eigenvalue weighted by Crippen LogP contribution is -2.52. The highest BCUT2D eigenvalue weighted by Crippen LogP contribution is 2.21. The van der Waals surface area contributed by atoms with E-state index in [9.17, 15) is 0 Å². The van der Waals surface area contributed by atoms with Crippen molar-refractivity contribution in [2.75, 3.05) is 57.9 Å². The van der Waals surface area contributed by atoms with Crippen molar-refractivity contribution in [1.82, 2.24) is 15.2 Å². The fraction of sp³-hybridized carbons (Fsp3) is 0.786. The number of nitrogens with zero attached hydrogens (tertiary/aromatic N) is 3. The fourth-order valence-corrected chi connectivity index (χ4v) is 3.88. The Hall–Kier alpha value is -0.690. The summed E-state index contributed by atoms with van der Waals surface area (Å²) in [6.45, 7) is 7.39. The van der Waals surface area contributed by atoms with Gasteiger partial charge >= 0.3 is 0 Å². The van der Waals surface area contributed by atoms with Gasteiger partial charge in [0.15, 0.2) is 5.13 Å². The Morgan fingerprint density at radius 1 is 1.40 bits per heavy atom. The molecule has 0 bridgehead atoms. The lowest BCUT2D eigenvalue weighted by Gasteiger charge is -2.39. The van der Waals surface area contributed by atoms with E-state index in [0.29, 0.717) is 12.0 Å². The maximum Gasteiger partial charge on any atom is 0.185 e. The van der Waals surface area contributed by atoms with E-state index in [-0.39, 0.29) is 0 Å². The van der Waals surface area contributed by atoms with Crippen molar-refractivity contribution in [1.29, 1.82) is 0 Å². The van der Waals surface area contributed by atoms with Gasteiger partial charge in [-0.15, -0.1) is 11.3 Å². The first-order valence-electron chi connectivity index (χ1n) is 7.48. The van der Waals surface area contributed by atoms with Gasteiger partial charge in [0.25, 0.3) is 0 Å². The standard InChI is InChI=1S/C14H24N4OS/c1-15-13-2-8-19-11-12(13)10-17-4-6-18(7-5-17)14-16-3-9-20-14/h3,9,12-13,15H,2,4-8,10-11H2,1H3. The van der Waals surface area contributed by atoms with Crippen molar-refractivity contribution in [3.63, 3.8) is 0 Å². The zero-order valence-electron chi connectivity index (χ0n) is 12.1. The smallest absolute Gasteiger partial charge is 0.185 e. The maximum absolute atomic E-state index is 5.65. The third kappa shape index (κ3) is 3.31. The highest BCUT2D eigenvalue weighted by Gasteiger charge is 2.28. The number of anilines is 1. The molecule has 0 aromatic carbocycles. The van der Waals surface area contributed by atoms with Crippen LogP contribution < -0.4 is 10.2 Å². The van der Waals surface area contributed by atoms with E-state index in [2.05, 4.69) is 32.5 Å². The van der Waals surface area contributed by atoms with Gasteiger partial charge in [-0.1, -0.05) is 0 Å². The van der Waals surface area contributed by atoms with Crippen LogP contribution in [-0.4, -0.2) is 68.9 Å². The van der Waals surface area contributed by atoms with Crippen LogP contribution in [-0.2, 0) is 4.74 Å². The molecule has 0 radical (unpaired) electrons. The molecular formula is C14H24N4OS. The Morgan fingerprint density at radius 3 is 2.95 bits per heavy atom. The topological polar surface area (TPSA) is 40.6 Å². The molecule has 6 heteroatoms. The first-order chi connectivity index (χ1) is 9.86. The van der Waals surface area contributed by atoms with Crippen molar-refractivity contribution in [2.45, 2.75) is 12.5 Å². The minimum absolute atomic E-state index is 0.612. The number of hydrogen-bond donors (Lipinski definition) is 1. The molecule has 2 saturated heterocycles. The Labute approximate surface area is 124 Å². The molecular weight excluding hydrogens is 272 g/mol. The number of hydrogen-bond acceptors (Lipinski definition) is 6. The van der Waals surface area contributed by atoms with E-state index < -0.39 is 0 Å². The van der Waals surface area contributed by atoms with Gasteiger partial charge in [-0.2, -0.15) is 0 Å². The highest BCUT2D eigenvalue weighted by molar-refractivity contribution is 7.13.